The lowest BCUT2D eigenvalue weighted by Gasteiger charge is -2.32. The summed E-state index contributed by atoms with van der Waals surface area (Å²) in [4.78, 5) is 28.5. The fraction of sp³-hybridized carbons (Fsp3) is 0.355. The lowest BCUT2D eigenvalue weighted by molar-refractivity contribution is -0.139. The van der Waals surface area contributed by atoms with E-state index in [4.69, 9.17) is 4.74 Å². The lowest BCUT2D eigenvalue weighted by Crippen LogP contribution is -2.51. The summed E-state index contributed by atoms with van der Waals surface area (Å²) in [6.07, 6.45) is 0.750. The van der Waals surface area contributed by atoms with Crippen molar-refractivity contribution >= 4 is 27.5 Å². The molecule has 0 radical (unpaired) electrons. The summed E-state index contributed by atoms with van der Waals surface area (Å²) in [7, 11) is -2.73. The van der Waals surface area contributed by atoms with Crippen molar-refractivity contribution in [2.75, 3.05) is 24.5 Å². The van der Waals surface area contributed by atoms with E-state index in [-0.39, 0.29) is 23.0 Å². The van der Waals surface area contributed by atoms with E-state index in [1.54, 1.807) is 31.2 Å². The summed E-state index contributed by atoms with van der Waals surface area (Å²) in [5.41, 5.74) is 3.85. The Hall–Kier alpha value is -3.85. The fourth-order valence-corrected chi connectivity index (χ4v) is 5.63. The van der Waals surface area contributed by atoms with Gasteiger partial charge in [-0.1, -0.05) is 60.5 Å². The molecular weight excluding hydrogens is 526 g/mol. The van der Waals surface area contributed by atoms with Crippen molar-refractivity contribution in [3.8, 4) is 5.75 Å². The minimum absolute atomic E-state index is 0.0493. The van der Waals surface area contributed by atoms with Crippen LogP contribution in [-0.2, 0) is 26.2 Å². The van der Waals surface area contributed by atoms with Crippen molar-refractivity contribution in [2.24, 2.45) is 0 Å². The van der Waals surface area contributed by atoms with Crippen molar-refractivity contribution in [3.63, 3.8) is 0 Å². The van der Waals surface area contributed by atoms with Crippen LogP contribution in [0.25, 0.3) is 0 Å². The Balaban J connectivity index is 2.08. The molecule has 1 atom stereocenters. The van der Waals surface area contributed by atoms with E-state index in [0.29, 0.717) is 12.3 Å². The van der Waals surface area contributed by atoms with Crippen LogP contribution >= 0.6 is 0 Å². The summed E-state index contributed by atoms with van der Waals surface area (Å²) < 4.78 is 34.7. The van der Waals surface area contributed by atoms with Crippen LogP contribution in [0.5, 0.6) is 5.75 Å². The topological polar surface area (TPSA) is 96.0 Å². The Labute approximate surface area is 238 Å². The molecule has 3 rings (SSSR count). The van der Waals surface area contributed by atoms with Crippen LogP contribution in [-0.4, -0.2) is 51.4 Å². The SMILES string of the molecule is CCCNC(=O)C(C)N(Cc1ccc(C)cc1)C(=O)CN(c1cc(C)ccc1OC)S(=O)(=O)c1ccc(C)cc1. The smallest absolute Gasteiger partial charge is 0.264 e. The highest BCUT2D eigenvalue weighted by atomic mass is 32.2. The molecule has 0 fully saturated rings. The summed E-state index contributed by atoms with van der Waals surface area (Å²) in [6.45, 7) is 9.38. The van der Waals surface area contributed by atoms with Gasteiger partial charge in [-0.05, 0) is 69.5 Å². The quantitative estimate of drug-likeness (QED) is 0.342. The van der Waals surface area contributed by atoms with Crippen LogP contribution < -0.4 is 14.4 Å². The van der Waals surface area contributed by atoms with Crippen LogP contribution in [0.1, 0.15) is 42.5 Å². The predicted octanol–water partition coefficient (Wildman–Crippen LogP) is 4.76. The first-order chi connectivity index (χ1) is 19.0. The van der Waals surface area contributed by atoms with Gasteiger partial charge in [0.15, 0.2) is 0 Å². The lowest BCUT2D eigenvalue weighted by atomic mass is 10.1. The summed E-state index contributed by atoms with van der Waals surface area (Å²) in [5.74, 6) is -0.504. The highest BCUT2D eigenvalue weighted by molar-refractivity contribution is 7.92. The molecule has 40 heavy (non-hydrogen) atoms. The number of anilines is 1. The standard InChI is InChI=1S/C31H39N3O5S/c1-7-18-32-31(36)25(5)33(20-26-13-8-22(2)9-14-26)30(35)21-34(28-19-24(4)12-17-29(28)39-6)40(37,38)27-15-10-23(3)11-16-27/h8-17,19,25H,7,18,20-21H2,1-6H3,(H,32,36). The van der Waals surface area contributed by atoms with E-state index in [1.807, 2.05) is 58.0 Å². The number of nitrogens with one attached hydrogen (secondary N) is 1. The number of nitrogens with zero attached hydrogens (tertiary/aromatic N) is 2. The van der Waals surface area contributed by atoms with Gasteiger partial charge in [0.05, 0.1) is 17.7 Å². The molecule has 0 saturated heterocycles. The molecule has 8 nitrogen and oxygen atoms in total. The van der Waals surface area contributed by atoms with E-state index in [9.17, 15) is 18.0 Å². The number of ether oxygens (including phenoxy) is 1. The minimum Gasteiger partial charge on any atom is -0.495 e. The number of benzene rings is 3. The van der Waals surface area contributed by atoms with E-state index >= 15 is 0 Å². The molecule has 0 aliphatic carbocycles. The maximum absolute atomic E-state index is 14.0. The summed E-state index contributed by atoms with van der Waals surface area (Å²) >= 11 is 0. The van der Waals surface area contributed by atoms with Gasteiger partial charge < -0.3 is 15.0 Å². The average Bonchev–Trinajstić information content (AvgIpc) is 2.93. The molecule has 0 saturated carbocycles. The van der Waals surface area contributed by atoms with Crippen molar-refractivity contribution in [2.45, 2.75) is 58.5 Å². The molecule has 0 aromatic heterocycles. The zero-order valence-electron chi connectivity index (χ0n) is 24.1. The number of amides is 2. The van der Waals surface area contributed by atoms with Gasteiger partial charge in [0.25, 0.3) is 10.0 Å². The van der Waals surface area contributed by atoms with Crippen LogP contribution in [0.3, 0.4) is 0 Å². The van der Waals surface area contributed by atoms with Crippen molar-refractivity contribution in [1.82, 2.24) is 10.2 Å². The Bertz CT molecular complexity index is 1420. The molecule has 3 aromatic rings. The van der Waals surface area contributed by atoms with Gasteiger partial charge in [0, 0.05) is 13.1 Å². The number of carbonyl (C=O) groups excluding carboxylic acids is 2. The van der Waals surface area contributed by atoms with Gasteiger partial charge in [0.2, 0.25) is 11.8 Å². The first kappa shape index (κ1) is 30.7. The first-order valence-electron chi connectivity index (χ1n) is 13.3. The van der Waals surface area contributed by atoms with Gasteiger partial charge in [0.1, 0.15) is 18.3 Å². The third-order valence-corrected chi connectivity index (χ3v) is 8.45. The van der Waals surface area contributed by atoms with Gasteiger partial charge in [-0.3, -0.25) is 13.9 Å². The fourth-order valence-electron chi connectivity index (χ4n) is 4.21. The Morgan fingerprint density at radius 1 is 0.900 bits per heavy atom. The Kier molecular flexibility index (Phi) is 10.3. The van der Waals surface area contributed by atoms with E-state index in [1.165, 1.54) is 24.1 Å². The minimum atomic E-state index is -4.18. The number of hydrogen-bond acceptors (Lipinski definition) is 5. The molecule has 0 heterocycles. The summed E-state index contributed by atoms with van der Waals surface area (Å²) in [5, 5.41) is 2.85. The number of carbonyl (C=O) groups is 2. The number of aryl methyl sites for hydroxylation is 3. The third kappa shape index (κ3) is 7.41. The van der Waals surface area contributed by atoms with E-state index in [2.05, 4.69) is 5.32 Å². The summed E-state index contributed by atoms with van der Waals surface area (Å²) in [6, 6.07) is 18.5. The third-order valence-electron chi connectivity index (χ3n) is 6.68. The second-order valence-electron chi connectivity index (χ2n) is 9.97. The normalized spacial score (nSPS) is 11.9. The molecular formula is C31H39N3O5S. The first-order valence-corrected chi connectivity index (χ1v) is 14.8. The molecule has 3 aromatic carbocycles. The Morgan fingerprint density at radius 2 is 1.48 bits per heavy atom. The molecule has 214 valence electrons. The maximum Gasteiger partial charge on any atom is 0.264 e. The van der Waals surface area contributed by atoms with Gasteiger partial charge >= 0.3 is 0 Å². The molecule has 0 aliphatic rings. The molecule has 0 spiro atoms. The molecule has 0 aliphatic heterocycles. The monoisotopic (exact) mass is 565 g/mol. The molecule has 2 amide bonds. The second kappa shape index (κ2) is 13.5. The molecule has 1 unspecified atom stereocenters. The second-order valence-corrected chi connectivity index (χ2v) is 11.8. The number of methoxy groups -OCH3 is 1. The van der Waals surface area contributed by atoms with Crippen molar-refractivity contribution in [1.29, 1.82) is 0 Å². The molecule has 0 bridgehead atoms. The van der Waals surface area contributed by atoms with Crippen LogP contribution in [0, 0.1) is 20.8 Å². The highest BCUT2D eigenvalue weighted by Crippen LogP contribution is 2.34. The van der Waals surface area contributed by atoms with Crippen molar-refractivity contribution < 1.29 is 22.7 Å². The molecule has 9 heteroatoms. The van der Waals surface area contributed by atoms with Gasteiger partial charge in [-0.15, -0.1) is 0 Å². The number of hydrogen-bond donors (Lipinski definition) is 1. The van der Waals surface area contributed by atoms with E-state index < -0.39 is 28.5 Å². The number of sulfonamides is 1. The van der Waals surface area contributed by atoms with Crippen molar-refractivity contribution in [3.05, 3.63) is 89.0 Å². The van der Waals surface area contributed by atoms with Gasteiger partial charge in [-0.2, -0.15) is 0 Å². The maximum atomic E-state index is 14.0. The zero-order chi connectivity index (χ0) is 29.4. The van der Waals surface area contributed by atoms with Crippen LogP contribution in [0.4, 0.5) is 5.69 Å². The Morgan fingerprint density at radius 3 is 2.05 bits per heavy atom. The van der Waals surface area contributed by atoms with Crippen LogP contribution in [0.15, 0.2) is 71.6 Å². The average molecular weight is 566 g/mol. The van der Waals surface area contributed by atoms with Gasteiger partial charge in [-0.25, -0.2) is 8.42 Å². The predicted molar refractivity (Wildman–Crippen MR) is 158 cm³/mol. The molecule has 1 N–H and O–H groups in total. The highest BCUT2D eigenvalue weighted by Gasteiger charge is 2.33. The largest absolute Gasteiger partial charge is 0.495 e. The number of rotatable bonds is 12. The van der Waals surface area contributed by atoms with Crippen LogP contribution in [0.2, 0.25) is 0 Å². The van der Waals surface area contributed by atoms with E-state index in [0.717, 1.165) is 33.0 Å². The zero-order valence-corrected chi connectivity index (χ0v) is 24.9.